The van der Waals surface area contributed by atoms with Crippen molar-refractivity contribution >= 4 is 22.7 Å². The van der Waals surface area contributed by atoms with Gasteiger partial charge in [0.15, 0.2) is 12.8 Å². The molecule has 0 atom stereocenters. The molecule has 0 unspecified atom stereocenters. The monoisotopic (exact) mass is 1110 g/mol. The molecule has 10 aromatic rings. The standard InChI is InChI=1S/C6H7N.2C5H7NO.2C5H7NS.5C3H5N3.6C2H6/c1-6-4-2-3-5-7-6;4*1-4-5(2)7-3-6-4;1-6-3-2-4-5-6;1-6-4-2-3-5-6;3*1-3-2-4-6-5-3;6*1-2/h2-5H,1H3;4*3H,1-2H3;2*2-3H,1H3;3*2H,1H3,(H,4,5,6);6*1-2H3. The van der Waals surface area contributed by atoms with Gasteiger partial charge in [-0.05, 0) is 95.2 Å². The maximum Gasteiger partial charge on any atom is 0.181 e. The fourth-order valence-electron chi connectivity index (χ4n) is 3.22. The van der Waals surface area contributed by atoms with Crippen molar-refractivity contribution in [3.63, 3.8) is 0 Å². The summed E-state index contributed by atoms with van der Waals surface area (Å²) >= 11 is 3.39. The minimum absolute atomic E-state index is 0.903. The van der Waals surface area contributed by atoms with Crippen LogP contribution in [0.2, 0.25) is 0 Å². The molecule has 0 fully saturated rings. The second-order valence-electron chi connectivity index (χ2n) is 12.9. The molecule has 10 aromatic heterocycles. The highest BCUT2D eigenvalue weighted by atomic mass is 32.1. The zero-order chi connectivity index (χ0) is 60.2. The summed E-state index contributed by atoms with van der Waals surface area (Å²) in [7, 11) is 3.60. The van der Waals surface area contributed by atoms with E-state index in [0.717, 1.165) is 57.1 Å². The summed E-state index contributed by atoms with van der Waals surface area (Å²) < 4.78 is 11.3. The van der Waals surface area contributed by atoms with E-state index < -0.39 is 0 Å². The molecule has 432 valence electrons. The average Bonchev–Trinajstić information content (AvgIpc) is 4.31. The van der Waals surface area contributed by atoms with Gasteiger partial charge in [-0.1, -0.05) is 94.4 Å². The summed E-state index contributed by atoms with van der Waals surface area (Å²) in [5.74, 6) is 1.81. The van der Waals surface area contributed by atoms with Crippen LogP contribution < -0.4 is 0 Å². The van der Waals surface area contributed by atoms with E-state index in [1.165, 1.54) is 27.3 Å². The van der Waals surface area contributed by atoms with Crippen molar-refractivity contribution < 1.29 is 8.83 Å². The van der Waals surface area contributed by atoms with Crippen LogP contribution in [-0.2, 0) is 14.1 Å². The number of aromatic nitrogens is 20. The topological polar surface area (TPSA) is 277 Å². The number of thiazole rings is 2. The van der Waals surface area contributed by atoms with Crippen molar-refractivity contribution in [1.82, 2.24) is 101 Å². The van der Waals surface area contributed by atoms with Gasteiger partial charge in [0.2, 0.25) is 0 Å². The molecule has 0 saturated heterocycles. The average molecular weight is 1110 g/mol. The van der Waals surface area contributed by atoms with Gasteiger partial charge in [0.25, 0.3) is 0 Å². The van der Waals surface area contributed by atoms with Gasteiger partial charge < -0.3 is 8.83 Å². The van der Waals surface area contributed by atoms with Crippen LogP contribution in [0.4, 0.5) is 0 Å². The lowest BCUT2D eigenvalue weighted by Crippen LogP contribution is -1.89. The van der Waals surface area contributed by atoms with Gasteiger partial charge in [-0.3, -0.25) is 9.67 Å². The molecule has 10 heterocycles. The van der Waals surface area contributed by atoms with Crippen LogP contribution in [0, 0.1) is 83.1 Å². The van der Waals surface area contributed by atoms with E-state index in [2.05, 4.69) is 106 Å². The van der Waals surface area contributed by atoms with Crippen LogP contribution in [0.5, 0.6) is 0 Å². The summed E-state index contributed by atoms with van der Waals surface area (Å²) in [4.78, 5) is 23.9. The maximum atomic E-state index is 4.85. The summed E-state index contributed by atoms with van der Waals surface area (Å²) in [5.41, 5.74) is 11.8. The van der Waals surface area contributed by atoms with Crippen LogP contribution in [0.1, 0.15) is 150 Å². The molecule has 0 aromatic carbocycles. The molecular formula is C53H96N20O2S2. The number of nitrogens with zero attached hydrogens (tertiary/aromatic N) is 17. The van der Waals surface area contributed by atoms with E-state index in [-0.39, 0.29) is 0 Å². The smallest absolute Gasteiger partial charge is 0.181 e. The molecule has 0 bridgehead atoms. The van der Waals surface area contributed by atoms with E-state index in [9.17, 15) is 0 Å². The van der Waals surface area contributed by atoms with Crippen molar-refractivity contribution in [2.75, 3.05) is 0 Å². The first-order valence-corrected chi connectivity index (χ1v) is 27.3. The summed E-state index contributed by atoms with van der Waals surface area (Å²) in [6.45, 7) is 47.4. The molecule has 24 heteroatoms. The van der Waals surface area contributed by atoms with E-state index in [1.54, 1.807) is 84.0 Å². The van der Waals surface area contributed by atoms with Crippen molar-refractivity contribution in [2.45, 2.75) is 166 Å². The Morgan fingerprint density at radius 1 is 0.429 bits per heavy atom. The highest BCUT2D eigenvalue weighted by Gasteiger charge is 1.92. The number of hydrogen-bond acceptors (Lipinski definition) is 19. The van der Waals surface area contributed by atoms with Crippen molar-refractivity contribution in [1.29, 1.82) is 0 Å². The van der Waals surface area contributed by atoms with Gasteiger partial charge in [-0.2, -0.15) is 61.2 Å². The Bertz CT molecular complexity index is 2090. The van der Waals surface area contributed by atoms with Gasteiger partial charge in [0.1, 0.15) is 11.5 Å². The van der Waals surface area contributed by atoms with E-state index in [1.807, 2.05) is 189 Å². The zero-order valence-electron chi connectivity index (χ0n) is 51.4. The highest BCUT2D eigenvalue weighted by Crippen LogP contribution is 2.08. The molecule has 0 amide bonds. The molecule has 0 aliphatic heterocycles. The third-order valence-electron chi connectivity index (χ3n) is 7.44. The van der Waals surface area contributed by atoms with Gasteiger partial charge in [-0.15, -0.1) is 27.8 Å². The van der Waals surface area contributed by atoms with Gasteiger partial charge in [0, 0.05) is 41.9 Å². The molecule has 3 N–H and O–H groups in total. The summed E-state index contributed by atoms with van der Waals surface area (Å²) in [5, 5.41) is 43.6. The number of aromatic amines is 3. The first-order chi connectivity index (χ1) is 37.1. The van der Waals surface area contributed by atoms with Crippen LogP contribution in [-0.4, -0.2) is 101 Å². The van der Waals surface area contributed by atoms with Gasteiger partial charge in [0.05, 0.1) is 88.1 Å². The molecule has 0 radical (unpaired) electrons. The quantitative estimate of drug-likeness (QED) is 0.127. The molecule has 77 heavy (non-hydrogen) atoms. The normalized spacial score (nSPS) is 8.13. The van der Waals surface area contributed by atoms with Crippen molar-refractivity contribution in [2.24, 2.45) is 14.1 Å². The van der Waals surface area contributed by atoms with E-state index in [4.69, 9.17) is 8.83 Å². The molecule has 22 nitrogen and oxygen atoms in total. The van der Waals surface area contributed by atoms with E-state index in [0.29, 0.717) is 0 Å². The third kappa shape index (κ3) is 53.2. The molecule has 0 aliphatic carbocycles. The molecule has 10 rings (SSSR count). The second kappa shape index (κ2) is 61.1. The Labute approximate surface area is 469 Å². The van der Waals surface area contributed by atoms with Gasteiger partial charge >= 0.3 is 0 Å². The predicted octanol–water partition coefficient (Wildman–Crippen LogP) is 13.6. The van der Waals surface area contributed by atoms with Crippen molar-refractivity contribution in [3.05, 3.63) is 158 Å². The number of pyridine rings is 1. The fourth-order valence-corrected chi connectivity index (χ4v) is 4.40. The number of nitrogens with one attached hydrogen (secondary N) is 3. The van der Waals surface area contributed by atoms with Gasteiger partial charge in [-0.25, -0.2) is 19.9 Å². The summed E-state index contributed by atoms with van der Waals surface area (Å²) in [6, 6.07) is 5.86. The first-order valence-electron chi connectivity index (χ1n) is 25.5. The van der Waals surface area contributed by atoms with E-state index >= 15 is 0 Å². The van der Waals surface area contributed by atoms with Crippen LogP contribution in [0.3, 0.4) is 0 Å². The maximum absolute atomic E-state index is 4.85. The summed E-state index contributed by atoms with van der Waals surface area (Å²) in [6.07, 6.45) is 16.4. The lowest BCUT2D eigenvalue weighted by molar-refractivity contribution is 0.525. The molecular weight excluding hydrogens is 1010 g/mol. The van der Waals surface area contributed by atoms with Crippen molar-refractivity contribution in [3.8, 4) is 0 Å². The number of hydrogen-bond donors (Lipinski definition) is 3. The Hall–Kier alpha value is -7.47. The SMILES string of the molecule is CC.CC.CC.CC.CC.CC.Cc1ccccn1.Cc1cn[nH]n1.Cc1cn[nH]n1.Cc1cn[nH]n1.Cc1ncoc1C.Cc1ncoc1C.Cc1ncsc1C.Cc1ncsc1C.Cn1ccnn1.Cn1nccn1. The second-order valence-corrected chi connectivity index (χ2v) is 15.0. The number of rotatable bonds is 0. The first kappa shape index (κ1) is 80.9. The number of aryl methyl sites for hydroxylation is 14. The predicted molar refractivity (Wildman–Crippen MR) is 318 cm³/mol. The minimum Gasteiger partial charge on any atom is -0.449 e. The van der Waals surface area contributed by atoms with Crippen LogP contribution in [0.15, 0.2) is 100 Å². The minimum atomic E-state index is 0.903. The highest BCUT2D eigenvalue weighted by molar-refractivity contribution is 7.09. The zero-order valence-corrected chi connectivity index (χ0v) is 53.0. The lowest BCUT2D eigenvalue weighted by Gasteiger charge is -1.82. The Morgan fingerprint density at radius 3 is 0.896 bits per heavy atom. The molecule has 0 saturated carbocycles. The van der Waals surface area contributed by atoms with Crippen LogP contribution >= 0.6 is 22.7 Å². The van der Waals surface area contributed by atoms with Crippen LogP contribution in [0.25, 0.3) is 0 Å². The molecule has 0 aliphatic rings. The Balaban J connectivity index is -0.000000178. The Kier molecular flexibility index (Phi) is 64.2. The lowest BCUT2D eigenvalue weighted by atomic mass is 10.4. The fraction of sp³-hybridized carbons (Fsp3) is 0.491. The number of H-pyrrole nitrogens is 3. The third-order valence-corrected chi connectivity index (χ3v) is 9.16. The molecule has 0 spiro atoms. The number of oxazole rings is 2. The largest absolute Gasteiger partial charge is 0.449 e. The Morgan fingerprint density at radius 2 is 0.805 bits per heavy atom.